The molecule has 4 heteroatoms. The third kappa shape index (κ3) is 1.93. The standard InChI is InChI=1S/C12H14N2OS/c1-3-14(4-2)12(15)10-7-9-5-6-13-8-11(9)16-10/h5-8H,3-4H2,1-2H3. The minimum atomic E-state index is 0.117. The number of rotatable bonds is 3. The van der Waals surface area contributed by atoms with E-state index in [1.54, 1.807) is 12.4 Å². The van der Waals surface area contributed by atoms with Crippen molar-refractivity contribution in [2.75, 3.05) is 13.1 Å². The van der Waals surface area contributed by atoms with Gasteiger partial charge in [0.1, 0.15) is 0 Å². The predicted octanol–water partition coefficient (Wildman–Crippen LogP) is 2.78. The first kappa shape index (κ1) is 11.1. The minimum absolute atomic E-state index is 0.117. The number of carbonyl (C=O) groups excluding carboxylic acids is 1. The van der Waals surface area contributed by atoms with E-state index in [1.807, 2.05) is 30.9 Å². The fourth-order valence-electron chi connectivity index (χ4n) is 1.66. The lowest BCUT2D eigenvalue weighted by molar-refractivity contribution is 0.0778. The van der Waals surface area contributed by atoms with Gasteiger partial charge in [0.2, 0.25) is 0 Å². The number of hydrogen-bond donors (Lipinski definition) is 0. The molecule has 84 valence electrons. The fourth-order valence-corrected chi connectivity index (χ4v) is 2.65. The zero-order valence-corrected chi connectivity index (χ0v) is 10.3. The molecule has 0 unspecified atom stereocenters. The molecule has 0 bridgehead atoms. The summed E-state index contributed by atoms with van der Waals surface area (Å²) in [5, 5.41) is 1.09. The molecule has 0 aliphatic rings. The normalized spacial score (nSPS) is 10.6. The molecule has 1 amide bonds. The number of hydrogen-bond acceptors (Lipinski definition) is 3. The number of fused-ring (bicyclic) bond motifs is 1. The van der Waals surface area contributed by atoms with Gasteiger partial charge in [-0.05, 0) is 31.4 Å². The lowest BCUT2D eigenvalue weighted by Crippen LogP contribution is -2.29. The Kier molecular flexibility index (Phi) is 3.19. The Morgan fingerprint density at radius 3 is 2.81 bits per heavy atom. The molecule has 0 spiro atoms. The first-order valence-electron chi connectivity index (χ1n) is 5.39. The highest BCUT2D eigenvalue weighted by Gasteiger charge is 2.15. The summed E-state index contributed by atoms with van der Waals surface area (Å²) >= 11 is 1.51. The Morgan fingerprint density at radius 1 is 1.44 bits per heavy atom. The lowest BCUT2D eigenvalue weighted by atomic mass is 10.3. The molecule has 2 heterocycles. The summed E-state index contributed by atoms with van der Waals surface area (Å²) in [5.41, 5.74) is 0. The molecule has 0 aliphatic heterocycles. The molecule has 0 saturated heterocycles. The van der Waals surface area contributed by atoms with Crippen molar-refractivity contribution in [2.24, 2.45) is 0 Å². The summed E-state index contributed by atoms with van der Waals surface area (Å²) in [5.74, 6) is 0.117. The highest BCUT2D eigenvalue weighted by molar-refractivity contribution is 7.20. The van der Waals surface area contributed by atoms with Crippen LogP contribution in [-0.2, 0) is 0 Å². The van der Waals surface area contributed by atoms with Crippen LogP contribution in [0.3, 0.4) is 0 Å². The average Bonchev–Trinajstić information content (AvgIpc) is 2.74. The maximum atomic E-state index is 12.1. The van der Waals surface area contributed by atoms with Crippen LogP contribution in [0.25, 0.3) is 10.1 Å². The van der Waals surface area contributed by atoms with Crippen LogP contribution in [0, 0.1) is 0 Å². The van der Waals surface area contributed by atoms with Crippen molar-refractivity contribution in [3.8, 4) is 0 Å². The van der Waals surface area contributed by atoms with Crippen molar-refractivity contribution in [3.05, 3.63) is 29.4 Å². The molecule has 16 heavy (non-hydrogen) atoms. The van der Waals surface area contributed by atoms with Crippen molar-refractivity contribution in [2.45, 2.75) is 13.8 Å². The highest BCUT2D eigenvalue weighted by Crippen LogP contribution is 2.25. The van der Waals surface area contributed by atoms with Crippen LogP contribution in [0.15, 0.2) is 24.5 Å². The van der Waals surface area contributed by atoms with Crippen LogP contribution in [-0.4, -0.2) is 28.9 Å². The Morgan fingerprint density at radius 2 is 2.19 bits per heavy atom. The second-order valence-corrected chi connectivity index (χ2v) is 4.59. The molecule has 2 rings (SSSR count). The van der Waals surface area contributed by atoms with Crippen LogP contribution in [0.4, 0.5) is 0 Å². The summed E-state index contributed by atoms with van der Waals surface area (Å²) in [4.78, 5) is 18.8. The molecule has 0 saturated carbocycles. The average molecular weight is 234 g/mol. The third-order valence-electron chi connectivity index (χ3n) is 2.58. The number of aromatic nitrogens is 1. The number of carbonyl (C=O) groups is 1. The van der Waals surface area contributed by atoms with Crippen LogP contribution in [0.2, 0.25) is 0 Å². The molecule has 2 aromatic rings. The molecule has 0 radical (unpaired) electrons. The monoisotopic (exact) mass is 234 g/mol. The van der Waals surface area contributed by atoms with E-state index in [0.29, 0.717) is 0 Å². The molecule has 0 atom stereocenters. The second-order valence-electron chi connectivity index (χ2n) is 3.50. The van der Waals surface area contributed by atoms with Gasteiger partial charge in [0.25, 0.3) is 5.91 Å². The van der Waals surface area contributed by atoms with Crippen LogP contribution in [0.1, 0.15) is 23.5 Å². The quantitative estimate of drug-likeness (QED) is 0.818. The van der Waals surface area contributed by atoms with Gasteiger partial charge in [0.15, 0.2) is 0 Å². The van der Waals surface area contributed by atoms with Gasteiger partial charge in [-0.2, -0.15) is 0 Å². The van der Waals surface area contributed by atoms with E-state index < -0.39 is 0 Å². The van der Waals surface area contributed by atoms with E-state index in [4.69, 9.17) is 0 Å². The lowest BCUT2D eigenvalue weighted by Gasteiger charge is -2.17. The summed E-state index contributed by atoms with van der Waals surface area (Å²) in [6.45, 7) is 5.50. The van der Waals surface area contributed by atoms with Gasteiger partial charge in [0.05, 0.1) is 9.58 Å². The number of pyridine rings is 1. The van der Waals surface area contributed by atoms with E-state index in [1.165, 1.54) is 11.3 Å². The fraction of sp³-hybridized carbons (Fsp3) is 0.333. The van der Waals surface area contributed by atoms with Crippen molar-refractivity contribution >= 4 is 27.3 Å². The van der Waals surface area contributed by atoms with Gasteiger partial charge >= 0.3 is 0 Å². The van der Waals surface area contributed by atoms with E-state index in [-0.39, 0.29) is 5.91 Å². The number of thiophene rings is 1. The molecule has 0 N–H and O–H groups in total. The molecule has 0 fully saturated rings. The Hall–Kier alpha value is -1.42. The molecule has 3 nitrogen and oxygen atoms in total. The second kappa shape index (κ2) is 4.61. The summed E-state index contributed by atoms with van der Waals surface area (Å²) in [7, 11) is 0. The van der Waals surface area contributed by atoms with Gasteiger partial charge in [0, 0.05) is 25.5 Å². The molecule has 0 aromatic carbocycles. The molecular weight excluding hydrogens is 220 g/mol. The first-order chi connectivity index (χ1) is 7.76. The maximum absolute atomic E-state index is 12.1. The maximum Gasteiger partial charge on any atom is 0.263 e. The topological polar surface area (TPSA) is 33.2 Å². The summed E-state index contributed by atoms with van der Waals surface area (Å²) in [6.07, 6.45) is 3.56. The molecular formula is C12H14N2OS. The van der Waals surface area contributed by atoms with Gasteiger partial charge in [-0.1, -0.05) is 0 Å². The highest BCUT2D eigenvalue weighted by atomic mass is 32.1. The van der Waals surface area contributed by atoms with E-state index in [2.05, 4.69) is 4.98 Å². The van der Waals surface area contributed by atoms with Crippen molar-refractivity contribution < 1.29 is 4.79 Å². The first-order valence-corrected chi connectivity index (χ1v) is 6.20. The van der Waals surface area contributed by atoms with Crippen molar-refractivity contribution in [3.63, 3.8) is 0 Å². The van der Waals surface area contributed by atoms with Crippen LogP contribution < -0.4 is 0 Å². The smallest absolute Gasteiger partial charge is 0.263 e. The minimum Gasteiger partial charge on any atom is -0.339 e. The van der Waals surface area contributed by atoms with Gasteiger partial charge in [-0.3, -0.25) is 9.78 Å². The summed E-state index contributed by atoms with van der Waals surface area (Å²) in [6, 6.07) is 3.88. The Balaban J connectivity index is 2.36. The number of amides is 1. The Bertz CT molecular complexity index is 469. The van der Waals surface area contributed by atoms with Gasteiger partial charge < -0.3 is 4.90 Å². The largest absolute Gasteiger partial charge is 0.339 e. The number of nitrogens with zero attached hydrogens (tertiary/aromatic N) is 2. The van der Waals surface area contributed by atoms with Crippen LogP contribution in [0.5, 0.6) is 0 Å². The Labute approximate surface area is 98.7 Å². The molecule has 2 aromatic heterocycles. The van der Waals surface area contributed by atoms with E-state index in [0.717, 1.165) is 28.1 Å². The SMILES string of the molecule is CCN(CC)C(=O)c1cc2ccncc2s1. The predicted molar refractivity (Wildman–Crippen MR) is 66.9 cm³/mol. The van der Waals surface area contributed by atoms with E-state index >= 15 is 0 Å². The van der Waals surface area contributed by atoms with Crippen molar-refractivity contribution in [1.82, 2.24) is 9.88 Å². The van der Waals surface area contributed by atoms with Crippen molar-refractivity contribution in [1.29, 1.82) is 0 Å². The van der Waals surface area contributed by atoms with Gasteiger partial charge in [-0.15, -0.1) is 11.3 Å². The van der Waals surface area contributed by atoms with Gasteiger partial charge in [-0.25, -0.2) is 0 Å². The van der Waals surface area contributed by atoms with Crippen LogP contribution >= 0.6 is 11.3 Å². The zero-order chi connectivity index (χ0) is 11.5. The third-order valence-corrected chi connectivity index (χ3v) is 3.66. The zero-order valence-electron chi connectivity index (χ0n) is 9.43. The molecule has 0 aliphatic carbocycles. The summed E-state index contributed by atoms with van der Waals surface area (Å²) < 4.78 is 1.07. The van der Waals surface area contributed by atoms with E-state index in [9.17, 15) is 4.79 Å².